The van der Waals surface area contributed by atoms with Crippen LogP contribution in [-0.4, -0.2) is 46.2 Å². The van der Waals surface area contributed by atoms with Gasteiger partial charge in [0.2, 0.25) is 11.8 Å². The van der Waals surface area contributed by atoms with E-state index in [0.717, 1.165) is 6.08 Å². The molecule has 0 aromatic rings. The molecule has 0 unspecified atom stereocenters. The first-order chi connectivity index (χ1) is 6.61. The molecule has 0 radical (unpaired) electrons. The first-order valence-corrected chi connectivity index (χ1v) is 3.62. The van der Waals surface area contributed by atoms with Crippen molar-refractivity contribution in [3.63, 3.8) is 0 Å². The first-order valence-electron chi connectivity index (χ1n) is 3.62. The lowest BCUT2D eigenvalue weighted by Gasteiger charge is -2.14. The minimum atomic E-state index is -1.43. The number of aliphatic imine (C=N–C) groups is 1. The Morgan fingerprint density at radius 1 is 1.64 bits per heavy atom. The molecule has 1 heterocycles. The van der Waals surface area contributed by atoms with E-state index in [1.165, 1.54) is 0 Å². The highest BCUT2D eigenvalue weighted by atomic mass is 16.6. The normalized spacial score (nSPS) is 23.0. The van der Waals surface area contributed by atoms with Crippen LogP contribution in [0.2, 0.25) is 0 Å². The van der Waals surface area contributed by atoms with Crippen molar-refractivity contribution < 1.29 is 29.6 Å². The van der Waals surface area contributed by atoms with Gasteiger partial charge in [-0.3, -0.25) is 0 Å². The highest BCUT2D eigenvalue weighted by Crippen LogP contribution is 2.24. The number of ether oxygens (including phenoxy) is 1. The van der Waals surface area contributed by atoms with Crippen molar-refractivity contribution in [3.8, 4) is 0 Å². The number of hydrogen-bond donors (Lipinski definition) is 3. The summed E-state index contributed by atoms with van der Waals surface area (Å²) in [5.41, 5.74) is -0.424. The van der Waals surface area contributed by atoms with Crippen LogP contribution < -0.4 is 0 Å². The molecule has 1 aliphatic heterocycles. The van der Waals surface area contributed by atoms with E-state index in [0.29, 0.717) is 0 Å². The van der Waals surface area contributed by atoms with Gasteiger partial charge in [0, 0.05) is 0 Å². The largest absolute Gasteiger partial charge is 0.500 e. The summed E-state index contributed by atoms with van der Waals surface area (Å²) in [6, 6.07) is 0. The summed E-state index contributed by atoms with van der Waals surface area (Å²) < 4.78 is 4.45. The van der Waals surface area contributed by atoms with Crippen LogP contribution in [0.3, 0.4) is 0 Å². The Balaban J connectivity index is 3.01. The van der Waals surface area contributed by atoms with Crippen molar-refractivity contribution >= 4 is 12.0 Å². The molecule has 3 N–H and O–H groups in total. The van der Waals surface area contributed by atoms with E-state index in [2.05, 4.69) is 9.73 Å². The van der Waals surface area contributed by atoms with Crippen molar-refractivity contribution in [1.82, 2.24) is 0 Å². The average Bonchev–Trinajstić information content (AvgIpc) is 2.45. The summed E-state index contributed by atoms with van der Waals surface area (Å²) in [4.78, 5) is 23.7. The van der Waals surface area contributed by atoms with E-state index in [1.807, 2.05) is 0 Å². The average molecular weight is 201 g/mol. The molecule has 0 fully saturated rings. The van der Waals surface area contributed by atoms with Gasteiger partial charge < -0.3 is 20.1 Å². The molecule has 0 aliphatic carbocycles. The Hall–Kier alpha value is -1.69. The molecule has 0 bridgehead atoms. The van der Waals surface area contributed by atoms with Crippen molar-refractivity contribution in [2.24, 2.45) is 4.99 Å². The zero-order valence-electron chi connectivity index (χ0n) is 6.88. The monoisotopic (exact) mass is 201 g/mol. The molecule has 0 spiro atoms. The van der Waals surface area contributed by atoms with Crippen LogP contribution in [0.5, 0.6) is 0 Å². The van der Waals surface area contributed by atoms with E-state index in [4.69, 9.17) is 15.3 Å². The molecule has 1 aliphatic rings. The van der Waals surface area contributed by atoms with E-state index >= 15 is 0 Å². The smallest absolute Gasteiger partial charge is 0.376 e. The summed E-state index contributed by atoms with van der Waals surface area (Å²) in [5.74, 6) is -1.96. The predicted octanol–water partition coefficient (Wildman–Crippen LogP) is -1.63. The third-order valence-corrected chi connectivity index (χ3v) is 1.64. The number of cyclic esters (lactones) is 1. The Bertz CT molecular complexity index is 329. The molecular formula is C7H7NO6. The quantitative estimate of drug-likeness (QED) is 0.287. The SMILES string of the molecule is O=C=NC1=C(O)C(=O)O[C@@H]1[C@@H](O)CO. The van der Waals surface area contributed by atoms with Crippen LogP contribution in [0.1, 0.15) is 0 Å². The molecule has 7 heteroatoms. The fourth-order valence-corrected chi connectivity index (χ4v) is 0.989. The summed E-state index contributed by atoms with van der Waals surface area (Å²) in [6.07, 6.45) is -1.66. The minimum absolute atomic E-state index is 0.424. The predicted molar refractivity (Wildman–Crippen MR) is 40.7 cm³/mol. The van der Waals surface area contributed by atoms with Gasteiger partial charge in [-0.05, 0) is 0 Å². The molecule has 0 saturated heterocycles. The number of hydrogen-bond acceptors (Lipinski definition) is 7. The standard InChI is InChI=1S/C7H7NO6/c9-1-3(11)6-4(8-2-10)5(12)7(13)14-6/h3,6,9,11-12H,1H2/t3-,6+/m0/s1. The molecule has 14 heavy (non-hydrogen) atoms. The number of isocyanates is 1. The maximum atomic E-state index is 10.8. The third kappa shape index (κ3) is 1.64. The second kappa shape index (κ2) is 4.01. The van der Waals surface area contributed by atoms with E-state index in [-0.39, 0.29) is 0 Å². The van der Waals surface area contributed by atoms with Crippen molar-refractivity contribution in [2.45, 2.75) is 12.2 Å². The van der Waals surface area contributed by atoms with Gasteiger partial charge in [0.1, 0.15) is 11.8 Å². The molecule has 0 amide bonds. The number of carbonyl (C=O) groups is 1. The fourth-order valence-electron chi connectivity index (χ4n) is 0.989. The molecule has 7 nitrogen and oxygen atoms in total. The van der Waals surface area contributed by atoms with E-state index in [9.17, 15) is 9.59 Å². The minimum Gasteiger partial charge on any atom is -0.500 e. The second-order valence-corrected chi connectivity index (χ2v) is 2.51. The van der Waals surface area contributed by atoms with Crippen molar-refractivity contribution in [1.29, 1.82) is 0 Å². The zero-order valence-corrected chi connectivity index (χ0v) is 6.88. The Morgan fingerprint density at radius 3 is 2.79 bits per heavy atom. The van der Waals surface area contributed by atoms with E-state index in [1.54, 1.807) is 0 Å². The molecule has 1 rings (SSSR count). The van der Waals surface area contributed by atoms with Gasteiger partial charge in [-0.2, -0.15) is 4.99 Å². The molecule has 2 atom stereocenters. The lowest BCUT2D eigenvalue weighted by atomic mass is 10.1. The number of aliphatic hydroxyl groups excluding tert-OH is 3. The van der Waals surface area contributed by atoms with Crippen LogP contribution in [0, 0.1) is 0 Å². The van der Waals surface area contributed by atoms with Crippen molar-refractivity contribution in [3.05, 3.63) is 11.5 Å². The molecule has 0 aromatic carbocycles. The van der Waals surface area contributed by atoms with E-state index < -0.39 is 36.2 Å². The maximum absolute atomic E-state index is 10.8. The van der Waals surface area contributed by atoms with Gasteiger partial charge in [-0.25, -0.2) is 9.59 Å². The summed E-state index contributed by atoms with van der Waals surface area (Å²) >= 11 is 0. The van der Waals surface area contributed by atoms with Gasteiger partial charge in [0.05, 0.1) is 6.61 Å². The molecule has 0 aromatic heterocycles. The summed E-state index contributed by atoms with van der Waals surface area (Å²) in [5, 5.41) is 26.7. The van der Waals surface area contributed by atoms with Gasteiger partial charge >= 0.3 is 5.97 Å². The van der Waals surface area contributed by atoms with Crippen molar-refractivity contribution in [2.75, 3.05) is 6.61 Å². The number of rotatable bonds is 3. The maximum Gasteiger partial charge on any atom is 0.376 e. The molecule has 76 valence electrons. The molecular weight excluding hydrogens is 194 g/mol. The van der Waals surface area contributed by atoms with Gasteiger partial charge in [-0.1, -0.05) is 0 Å². The van der Waals surface area contributed by atoms with Crippen LogP contribution in [0.25, 0.3) is 0 Å². The van der Waals surface area contributed by atoms with Crippen LogP contribution >= 0.6 is 0 Å². The summed E-state index contributed by atoms with van der Waals surface area (Å²) in [7, 11) is 0. The number of nitrogens with zero attached hydrogens (tertiary/aromatic N) is 1. The Kier molecular flexibility index (Phi) is 2.98. The van der Waals surface area contributed by atoms with Crippen LogP contribution in [0.15, 0.2) is 16.4 Å². The van der Waals surface area contributed by atoms with Gasteiger partial charge in [-0.15, -0.1) is 0 Å². The second-order valence-electron chi connectivity index (χ2n) is 2.51. The lowest BCUT2D eigenvalue weighted by Crippen LogP contribution is -2.31. The van der Waals surface area contributed by atoms with Crippen LogP contribution in [0.4, 0.5) is 0 Å². The number of carbonyl (C=O) groups excluding carboxylic acids is 2. The topological polar surface area (TPSA) is 116 Å². The molecule has 0 saturated carbocycles. The number of aliphatic hydroxyl groups is 3. The zero-order chi connectivity index (χ0) is 10.7. The Labute approximate surface area is 77.9 Å². The van der Waals surface area contributed by atoms with Gasteiger partial charge in [0.15, 0.2) is 6.10 Å². The Morgan fingerprint density at radius 2 is 2.29 bits per heavy atom. The summed E-state index contributed by atoms with van der Waals surface area (Å²) in [6.45, 7) is -0.691. The third-order valence-electron chi connectivity index (χ3n) is 1.64. The highest BCUT2D eigenvalue weighted by Gasteiger charge is 2.39. The van der Waals surface area contributed by atoms with Crippen LogP contribution in [-0.2, 0) is 14.3 Å². The first kappa shape index (κ1) is 10.4. The fraction of sp³-hybridized carbons (Fsp3) is 0.429. The number of esters is 1. The lowest BCUT2D eigenvalue weighted by molar-refractivity contribution is -0.147. The highest BCUT2D eigenvalue weighted by molar-refractivity contribution is 5.89. The van der Waals surface area contributed by atoms with Gasteiger partial charge in [0.25, 0.3) is 0 Å².